The molecular formula is C29H15BrN2O5. The van der Waals surface area contributed by atoms with Crippen molar-refractivity contribution < 1.29 is 24.0 Å². The van der Waals surface area contributed by atoms with E-state index in [4.69, 9.17) is 5.73 Å². The Morgan fingerprint density at radius 2 is 1.11 bits per heavy atom. The van der Waals surface area contributed by atoms with Crippen LogP contribution in [0, 0.1) is 0 Å². The predicted molar refractivity (Wildman–Crippen MR) is 140 cm³/mol. The molecule has 37 heavy (non-hydrogen) atoms. The molecule has 178 valence electrons. The third-order valence-electron chi connectivity index (χ3n) is 6.64. The Bertz CT molecular complexity index is 1770. The first-order valence-electron chi connectivity index (χ1n) is 11.2. The number of halogens is 1. The van der Waals surface area contributed by atoms with Gasteiger partial charge in [0.2, 0.25) is 0 Å². The number of anilines is 2. The first-order valence-corrected chi connectivity index (χ1v) is 12.0. The van der Waals surface area contributed by atoms with Gasteiger partial charge in [0, 0.05) is 43.4 Å². The molecule has 8 heteroatoms. The molecule has 0 heterocycles. The van der Waals surface area contributed by atoms with E-state index in [1.165, 1.54) is 24.3 Å². The summed E-state index contributed by atoms with van der Waals surface area (Å²) in [7, 11) is 0. The topological polar surface area (TPSA) is 123 Å². The van der Waals surface area contributed by atoms with Gasteiger partial charge in [-0.3, -0.25) is 24.0 Å². The Morgan fingerprint density at radius 1 is 0.622 bits per heavy atom. The number of nitrogen functional groups attached to an aromatic ring is 1. The Morgan fingerprint density at radius 3 is 1.68 bits per heavy atom. The average molecular weight is 551 g/mol. The standard InChI is InChI=1S/C29H15BrN2O5/c30-21-11-19-20(27(35)14-6-2-1-5-13(14)26(19)34)12-22(21)32-29(37)18-10-9-17-23(24(18)31)28(36)16-8-4-3-7-15(16)25(17)33/h1-12H,31H2,(H,32,37). The molecule has 0 spiro atoms. The fourth-order valence-electron chi connectivity index (χ4n) is 4.81. The molecule has 0 saturated heterocycles. The van der Waals surface area contributed by atoms with Crippen molar-refractivity contribution in [2.24, 2.45) is 0 Å². The van der Waals surface area contributed by atoms with Crippen molar-refractivity contribution in [3.05, 3.63) is 127 Å². The molecule has 0 atom stereocenters. The summed E-state index contributed by atoms with van der Waals surface area (Å²) in [5.74, 6) is -2.04. The van der Waals surface area contributed by atoms with Crippen LogP contribution in [0.3, 0.4) is 0 Å². The number of hydrogen-bond donors (Lipinski definition) is 2. The summed E-state index contributed by atoms with van der Waals surface area (Å²) in [6.07, 6.45) is 0. The summed E-state index contributed by atoms with van der Waals surface area (Å²) in [4.78, 5) is 65.4. The molecule has 0 saturated carbocycles. The van der Waals surface area contributed by atoms with Crippen LogP contribution >= 0.6 is 15.9 Å². The molecule has 6 rings (SSSR count). The van der Waals surface area contributed by atoms with Crippen molar-refractivity contribution in [3.63, 3.8) is 0 Å². The van der Waals surface area contributed by atoms with Gasteiger partial charge in [0.05, 0.1) is 22.5 Å². The Kier molecular flexibility index (Phi) is 5.03. The summed E-state index contributed by atoms with van der Waals surface area (Å²) < 4.78 is 0.386. The number of nitrogens with two attached hydrogens (primary N) is 1. The van der Waals surface area contributed by atoms with Crippen LogP contribution in [0.1, 0.15) is 74.0 Å². The normalized spacial score (nSPS) is 13.4. The highest BCUT2D eigenvalue weighted by molar-refractivity contribution is 9.10. The highest BCUT2D eigenvalue weighted by atomic mass is 79.9. The van der Waals surface area contributed by atoms with E-state index in [1.807, 2.05) is 0 Å². The van der Waals surface area contributed by atoms with Crippen molar-refractivity contribution in [2.45, 2.75) is 0 Å². The minimum atomic E-state index is -0.643. The van der Waals surface area contributed by atoms with E-state index in [9.17, 15) is 24.0 Å². The van der Waals surface area contributed by atoms with E-state index in [-0.39, 0.29) is 67.7 Å². The van der Waals surface area contributed by atoms with Crippen molar-refractivity contribution in [3.8, 4) is 0 Å². The van der Waals surface area contributed by atoms with Gasteiger partial charge in [0.25, 0.3) is 5.91 Å². The molecule has 3 N–H and O–H groups in total. The van der Waals surface area contributed by atoms with Gasteiger partial charge in [-0.05, 0) is 40.2 Å². The number of nitrogens with one attached hydrogen (secondary N) is 1. The summed E-state index contributed by atoms with van der Waals surface area (Å²) in [6.45, 7) is 0. The number of benzene rings is 4. The molecule has 0 aromatic heterocycles. The average Bonchev–Trinajstić information content (AvgIpc) is 2.91. The molecular weight excluding hydrogens is 536 g/mol. The molecule has 0 aliphatic heterocycles. The van der Waals surface area contributed by atoms with Gasteiger partial charge in [0.15, 0.2) is 23.1 Å². The third kappa shape index (κ3) is 3.30. The first-order chi connectivity index (χ1) is 17.8. The van der Waals surface area contributed by atoms with Crippen LogP contribution < -0.4 is 11.1 Å². The molecule has 0 radical (unpaired) electrons. The van der Waals surface area contributed by atoms with E-state index in [1.54, 1.807) is 48.5 Å². The van der Waals surface area contributed by atoms with Gasteiger partial charge in [-0.2, -0.15) is 0 Å². The van der Waals surface area contributed by atoms with Crippen molar-refractivity contribution in [1.29, 1.82) is 0 Å². The lowest BCUT2D eigenvalue weighted by atomic mass is 9.82. The second-order valence-corrected chi connectivity index (χ2v) is 9.54. The molecule has 0 fully saturated rings. The molecule has 4 aromatic carbocycles. The fourth-order valence-corrected chi connectivity index (χ4v) is 5.26. The van der Waals surface area contributed by atoms with Crippen LogP contribution in [0.4, 0.5) is 11.4 Å². The lowest BCUT2D eigenvalue weighted by Crippen LogP contribution is -2.25. The predicted octanol–water partition coefficient (Wildman–Crippen LogP) is 4.83. The third-order valence-corrected chi connectivity index (χ3v) is 7.30. The number of hydrogen-bond acceptors (Lipinski definition) is 6. The van der Waals surface area contributed by atoms with Crippen LogP contribution in [0.15, 0.2) is 77.3 Å². The molecule has 2 aliphatic rings. The lowest BCUT2D eigenvalue weighted by Gasteiger charge is -2.21. The number of ketones is 4. The van der Waals surface area contributed by atoms with E-state index in [0.717, 1.165) is 0 Å². The molecule has 0 unspecified atom stereocenters. The van der Waals surface area contributed by atoms with Crippen molar-refractivity contribution >= 4 is 56.3 Å². The van der Waals surface area contributed by atoms with Gasteiger partial charge >= 0.3 is 0 Å². The number of carbonyl (C=O) groups excluding carboxylic acids is 5. The summed E-state index contributed by atoms with van der Waals surface area (Å²) in [5, 5.41) is 2.70. The maximum absolute atomic E-state index is 13.3. The fraction of sp³-hybridized carbons (Fsp3) is 0. The zero-order chi connectivity index (χ0) is 26.0. The lowest BCUT2D eigenvalue weighted by molar-refractivity contribution is 0.0978. The number of amides is 1. The quantitative estimate of drug-likeness (QED) is 0.297. The minimum Gasteiger partial charge on any atom is -0.397 e. The van der Waals surface area contributed by atoms with E-state index in [0.29, 0.717) is 15.6 Å². The Hall–Kier alpha value is -4.69. The molecule has 0 bridgehead atoms. The molecule has 1 amide bonds. The highest BCUT2D eigenvalue weighted by Gasteiger charge is 2.34. The van der Waals surface area contributed by atoms with Gasteiger partial charge in [-0.25, -0.2) is 0 Å². The van der Waals surface area contributed by atoms with Gasteiger partial charge < -0.3 is 11.1 Å². The van der Waals surface area contributed by atoms with Crippen molar-refractivity contribution in [1.82, 2.24) is 0 Å². The van der Waals surface area contributed by atoms with Crippen LogP contribution in [-0.4, -0.2) is 29.0 Å². The Labute approximate surface area is 218 Å². The smallest absolute Gasteiger partial charge is 0.257 e. The molecule has 4 aromatic rings. The first kappa shape index (κ1) is 22.8. The maximum Gasteiger partial charge on any atom is 0.257 e. The number of rotatable bonds is 2. The van der Waals surface area contributed by atoms with Crippen LogP contribution in [0.2, 0.25) is 0 Å². The summed E-state index contributed by atoms with van der Waals surface area (Å²) in [5.41, 5.74) is 8.04. The number of carbonyl (C=O) groups is 5. The highest BCUT2D eigenvalue weighted by Crippen LogP contribution is 2.36. The van der Waals surface area contributed by atoms with E-state index < -0.39 is 11.7 Å². The van der Waals surface area contributed by atoms with Gasteiger partial charge in [-0.15, -0.1) is 0 Å². The largest absolute Gasteiger partial charge is 0.397 e. The number of fused-ring (bicyclic) bond motifs is 4. The molecule has 7 nitrogen and oxygen atoms in total. The van der Waals surface area contributed by atoms with Crippen LogP contribution in [0.5, 0.6) is 0 Å². The van der Waals surface area contributed by atoms with Gasteiger partial charge in [-0.1, -0.05) is 48.5 Å². The second-order valence-electron chi connectivity index (χ2n) is 8.69. The SMILES string of the molecule is Nc1c(C(=O)Nc2cc3c(cc2Br)C(=O)c2ccccc2C3=O)ccc2c1C(=O)c1ccccc1C2=O. The Balaban J connectivity index is 1.38. The molecule has 2 aliphatic carbocycles. The maximum atomic E-state index is 13.3. The van der Waals surface area contributed by atoms with Crippen LogP contribution in [-0.2, 0) is 0 Å². The monoisotopic (exact) mass is 550 g/mol. The zero-order valence-corrected chi connectivity index (χ0v) is 20.5. The summed E-state index contributed by atoms with van der Waals surface area (Å²) in [6, 6.07) is 18.8. The minimum absolute atomic E-state index is 0.00310. The van der Waals surface area contributed by atoms with E-state index in [2.05, 4.69) is 21.2 Å². The second kappa shape index (κ2) is 8.18. The summed E-state index contributed by atoms with van der Waals surface area (Å²) >= 11 is 3.37. The zero-order valence-electron chi connectivity index (χ0n) is 18.9. The van der Waals surface area contributed by atoms with E-state index >= 15 is 0 Å². The van der Waals surface area contributed by atoms with Gasteiger partial charge in [0.1, 0.15) is 0 Å². The van der Waals surface area contributed by atoms with Crippen LogP contribution in [0.25, 0.3) is 0 Å². The van der Waals surface area contributed by atoms with Crippen molar-refractivity contribution in [2.75, 3.05) is 11.1 Å².